The van der Waals surface area contributed by atoms with Crippen LogP contribution in [0.1, 0.15) is 12.8 Å². The predicted molar refractivity (Wildman–Crippen MR) is 112 cm³/mol. The van der Waals surface area contributed by atoms with E-state index in [4.69, 9.17) is 5.26 Å². The number of aromatic nitrogens is 1. The van der Waals surface area contributed by atoms with E-state index in [1.165, 1.54) is 4.90 Å². The topological polar surface area (TPSA) is 77.3 Å². The molecule has 1 saturated heterocycles. The van der Waals surface area contributed by atoms with Gasteiger partial charge in [-0.1, -0.05) is 18.2 Å². The Bertz CT molecular complexity index is 813. The quantitative estimate of drug-likeness (QED) is 0.379. The summed E-state index contributed by atoms with van der Waals surface area (Å²) in [6, 6.07) is 10.8. The lowest BCUT2D eigenvalue weighted by Gasteiger charge is -2.15. The normalized spacial score (nSPS) is 13.7. The van der Waals surface area contributed by atoms with Crippen molar-refractivity contribution >= 4 is 34.0 Å². The van der Waals surface area contributed by atoms with Crippen molar-refractivity contribution in [1.82, 2.24) is 14.2 Å². The van der Waals surface area contributed by atoms with Crippen molar-refractivity contribution in [1.29, 1.82) is 5.26 Å². The van der Waals surface area contributed by atoms with Gasteiger partial charge in [-0.3, -0.25) is 4.98 Å². The van der Waals surface area contributed by atoms with Crippen molar-refractivity contribution in [2.24, 2.45) is 0 Å². The summed E-state index contributed by atoms with van der Waals surface area (Å²) in [7, 11) is 0.0689. The highest BCUT2D eigenvalue weighted by molar-refractivity contribution is 14.0. The van der Waals surface area contributed by atoms with Gasteiger partial charge in [-0.15, -0.1) is 24.0 Å². The fourth-order valence-electron chi connectivity index (χ4n) is 2.43. The number of benzene rings is 1. The maximum Gasteiger partial charge on any atom is 0.243 e. The van der Waals surface area contributed by atoms with Gasteiger partial charge in [0.2, 0.25) is 10.0 Å². The van der Waals surface area contributed by atoms with Gasteiger partial charge in [-0.2, -0.15) is 9.57 Å². The number of nitriles is 1. The Morgan fingerprint density at radius 3 is 2.12 bits per heavy atom. The molecule has 0 amide bonds. The zero-order valence-electron chi connectivity index (χ0n) is 14.9. The van der Waals surface area contributed by atoms with Crippen LogP contribution in [-0.2, 0) is 10.0 Å². The van der Waals surface area contributed by atoms with Crippen LogP contribution in [0.25, 0.3) is 11.1 Å². The molecule has 8 heteroatoms. The fraction of sp³-hybridized carbons (Fsp3) is 0.333. The van der Waals surface area contributed by atoms with Gasteiger partial charge in [-0.25, -0.2) is 8.42 Å². The van der Waals surface area contributed by atoms with E-state index in [2.05, 4.69) is 4.98 Å². The van der Waals surface area contributed by atoms with E-state index >= 15 is 0 Å². The summed E-state index contributed by atoms with van der Waals surface area (Å²) in [6.45, 7) is 1.26. The lowest BCUT2D eigenvalue weighted by Crippen LogP contribution is -2.27. The predicted octanol–water partition coefficient (Wildman–Crippen LogP) is 3.18. The molecule has 0 spiro atoms. The molecule has 1 aromatic heterocycles. The van der Waals surface area contributed by atoms with Gasteiger partial charge in [0.25, 0.3) is 0 Å². The van der Waals surface area contributed by atoms with Gasteiger partial charge in [0, 0.05) is 39.6 Å². The van der Waals surface area contributed by atoms with Crippen LogP contribution in [0, 0.1) is 11.5 Å². The van der Waals surface area contributed by atoms with E-state index in [1.54, 1.807) is 42.9 Å². The molecule has 2 heterocycles. The Hall–Kier alpha value is -1.70. The van der Waals surface area contributed by atoms with E-state index < -0.39 is 10.0 Å². The molecule has 1 aliphatic heterocycles. The van der Waals surface area contributed by atoms with E-state index in [-0.39, 0.29) is 24.0 Å². The van der Waals surface area contributed by atoms with Crippen molar-refractivity contribution in [3.05, 3.63) is 48.8 Å². The second-order valence-electron chi connectivity index (χ2n) is 5.87. The Morgan fingerprint density at radius 1 is 1.08 bits per heavy atom. The summed E-state index contributed by atoms with van der Waals surface area (Å²) in [5.41, 5.74) is 1.95. The summed E-state index contributed by atoms with van der Waals surface area (Å²) < 4.78 is 26.4. The third kappa shape index (κ3) is 5.93. The molecule has 0 saturated carbocycles. The molecular formula is C18H23IN4O2S. The van der Waals surface area contributed by atoms with Crippen LogP contribution in [0.15, 0.2) is 53.7 Å². The first-order chi connectivity index (χ1) is 11.9. The SMILES string of the molecule is CN(C)C#N.I.O=S(=O)(c1ccc(-c2cccnc2)cc1)N1CCCC1. The second kappa shape index (κ2) is 10.4. The Kier molecular flexibility index (Phi) is 8.98. The van der Waals surface area contributed by atoms with Gasteiger partial charge in [0.05, 0.1) is 4.90 Å². The van der Waals surface area contributed by atoms with Gasteiger partial charge < -0.3 is 4.90 Å². The zero-order valence-corrected chi connectivity index (χ0v) is 18.0. The van der Waals surface area contributed by atoms with Crippen molar-refractivity contribution in [3.63, 3.8) is 0 Å². The van der Waals surface area contributed by atoms with Crippen LogP contribution >= 0.6 is 24.0 Å². The van der Waals surface area contributed by atoms with Crippen molar-refractivity contribution in [2.45, 2.75) is 17.7 Å². The molecule has 0 unspecified atom stereocenters. The highest BCUT2D eigenvalue weighted by Crippen LogP contribution is 2.24. The monoisotopic (exact) mass is 486 g/mol. The third-order valence-electron chi connectivity index (χ3n) is 3.75. The summed E-state index contributed by atoms with van der Waals surface area (Å²) in [6.07, 6.45) is 7.25. The van der Waals surface area contributed by atoms with Gasteiger partial charge in [0.1, 0.15) is 0 Å². The first kappa shape index (κ1) is 22.3. The summed E-state index contributed by atoms with van der Waals surface area (Å²) in [5.74, 6) is 0. The van der Waals surface area contributed by atoms with Crippen LogP contribution in [0.3, 0.4) is 0 Å². The average Bonchev–Trinajstić information content (AvgIpc) is 3.19. The lowest BCUT2D eigenvalue weighted by atomic mass is 10.1. The largest absolute Gasteiger partial charge is 0.317 e. The number of nitrogens with zero attached hydrogens (tertiary/aromatic N) is 4. The van der Waals surface area contributed by atoms with Gasteiger partial charge in [-0.05, 0) is 42.2 Å². The molecule has 0 N–H and O–H groups in total. The van der Waals surface area contributed by atoms with Crippen LogP contribution < -0.4 is 0 Å². The minimum absolute atomic E-state index is 0. The zero-order chi connectivity index (χ0) is 18.3. The molecule has 1 aromatic carbocycles. The molecule has 0 atom stereocenters. The molecule has 26 heavy (non-hydrogen) atoms. The summed E-state index contributed by atoms with van der Waals surface area (Å²) in [4.78, 5) is 5.87. The molecule has 140 valence electrons. The first-order valence-corrected chi connectivity index (χ1v) is 9.47. The number of sulfonamides is 1. The minimum Gasteiger partial charge on any atom is -0.317 e. The van der Waals surface area contributed by atoms with E-state index in [1.807, 2.05) is 30.5 Å². The van der Waals surface area contributed by atoms with Gasteiger partial charge in [0.15, 0.2) is 6.19 Å². The highest BCUT2D eigenvalue weighted by atomic mass is 127. The Balaban J connectivity index is 0.000000501. The molecule has 1 aliphatic rings. The number of hydrogen-bond donors (Lipinski definition) is 0. The van der Waals surface area contributed by atoms with E-state index in [0.717, 1.165) is 24.0 Å². The standard InChI is InChI=1S/C15H16N2O2S.C3H6N2.HI/c18-20(19,17-10-1-2-11-17)15-7-5-13(6-8-15)14-4-3-9-16-12-14;1-5(2)3-4;/h3-9,12H,1-2,10-11H2;1-2H3;1H. The average molecular weight is 486 g/mol. The number of rotatable bonds is 3. The van der Waals surface area contributed by atoms with Crippen LogP contribution in [0.5, 0.6) is 0 Å². The smallest absolute Gasteiger partial charge is 0.243 e. The summed E-state index contributed by atoms with van der Waals surface area (Å²) in [5, 5.41) is 7.82. The Morgan fingerprint density at radius 2 is 1.65 bits per heavy atom. The fourth-order valence-corrected chi connectivity index (χ4v) is 3.95. The minimum atomic E-state index is -3.32. The number of hydrogen-bond acceptors (Lipinski definition) is 5. The molecule has 3 rings (SSSR count). The second-order valence-corrected chi connectivity index (χ2v) is 7.81. The van der Waals surface area contributed by atoms with E-state index in [0.29, 0.717) is 18.0 Å². The maximum absolute atomic E-state index is 12.4. The highest BCUT2D eigenvalue weighted by Gasteiger charge is 2.26. The van der Waals surface area contributed by atoms with Crippen LogP contribution in [0.2, 0.25) is 0 Å². The first-order valence-electron chi connectivity index (χ1n) is 8.03. The van der Waals surface area contributed by atoms with Crippen molar-refractivity contribution in [2.75, 3.05) is 27.2 Å². The number of halogens is 1. The maximum atomic E-state index is 12.4. The Labute approximate surface area is 172 Å². The lowest BCUT2D eigenvalue weighted by molar-refractivity contribution is 0.477. The molecule has 2 aromatic rings. The molecule has 0 radical (unpaired) electrons. The molecule has 6 nitrogen and oxygen atoms in total. The molecule has 1 fully saturated rings. The summed E-state index contributed by atoms with van der Waals surface area (Å²) >= 11 is 0. The molecule has 0 bridgehead atoms. The van der Waals surface area contributed by atoms with E-state index in [9.17, 15) is 8.42 Å². The van der Waals surface area contributed by atoms with Crippen LogP contribution in [0.4, 0.5) is 0 Å². The molecule has 0 aliphatic carbocycles. The number of pyridine rings is 1. The molecular weight excluding hydrogens is 463 g/mol. The van der Waals surface area contributed by atoms with Gasteiger partial charge >= 0.3 is 0 Å². The van der Waals surface area contributed by atoms with Crippen LogP contribution in [-0.4, -0.2) is 49.8 Å². The van der Waals surface area contributed by atoms with Crippen molar-refractivity contribution in [3.8, 4) is 17.3 Å². The van der Waals surface area contributed by atoms with Crippen molar-refractivity contribution < 1.29 is 8.42 Å². The third-order valence-corrected chi connectivity index (χ3v) is 5.66.